The Balaban J connectivity index is 2.44. The molecule has 2 N–H and O–H groups in total. The zero-order valence-corrected chi connectivity index (χ0v) is 11.5. The standard InChI is InChI=1S/C15H21NO4/c17-11-10-16(12-13-6-2-1-3-7-13)14(18)8-4-5-9-15(19)20/h1-3,6-7,17H,4-5,8-12H2,(H,19,20). The minimum atomic E-state index is -0.839. The van der Waals surface area contributed by atoms with Crippen LogP contribution < -0.4 is 0 Å². The number of aliphatic hydroxyl groups excluding tert-OH is 1. The first-order valence-electron chi connectivity index (χ1n) is 6.78. The molecular weight excluding hydrogens is 258 g/mol. The second-order valence-corrected chi connectivity index (χ2v) is 4.63. The molecule has 0 spiro atoms. The molecule has 1 rings (SSSR count). The minimum absolute atomic E-state index is 0.0479. The molecule has 0 fully saturated rings. The van der Waals surface area contributed by atoms with Crippen molar-refractivity contribution in [2.45, 2.75) is 32.2 Å². The van der Waals surface area contributed by atoms with Gasteiger partial charge in [-0.2, -0.15) is 0 Å². The summed E-state index contributed by atoms with van der Waals surface area (Å²) < 4.78 is 0. The Morgan fingerprint density at radius 1 is 1.05 bits per heavy atom. The number of hydrogen-bond donors (Lipinski definition) is 2. The zero-order valence-electron chi connectivity index (χ0n) is 11.5. The predicted octanol–water partition coefficient (Wildman–Crippen LogP) is 1.65. The number of aliphatic carboxylic acids is 1. The molecule has 20 heavy (non-hydrogen) atoms. The summed E-state index contributed by atoms with van der Waals surface area (Å²) in [6, 6.07) is 9.59. The van der Waals surface area contributed by atoms with E-state index in [2.05, 4.69) is 0 Å². The molecule has 1 amide bonds. The van der Waals surface area contributed by atoms with Crippen molar-refractivity contribution in [1.82, 2.24) is 4.90 Å². The monoisotopic (exact) mass is 279 g/mol. The average molecular weight is 279 g/mol. The van der Waals surface area contributed by atoms with E-state index in [0.29, 0.717) is 32.4 Å². The van der Waals surface area contributed by atoms with Gasteiger partial charge in [0, 0.05) is 25.9 Å². The van der Waals surface area contributed by atoms with Crippen LogP contribution in [0, 0.1) is 0 Å². The minimum Gasteiger partial charge on any atom is -0.481 e. The molecule has 0 aliphatic rings. The van der Waals surface area contributed by atoms with Gasteiger partial charge in [0.25, 0.3) is 0 Å². The normalized spacial score (nSPS) is 10.2. The fourth-order valence-corrected chi connectivity index (χ4v) is 1.93. The van der Waals surface area contributed by atoms with Crippen molar-refractivity contribution in [2.75, 3.05) is 13.2 Å². The maximum Gasteiger partial charge on any atom is 0.303 e. The van der Waals surface area contributed by atoms with E-state index in [4.69, 9.17) is 10.2 Å². The predicted molar refractivity (Wildman–Crippen MR) is 75.0 cm³/mol. The third kappa shape index (κ3) is 6.33. The van der Waals surface area contributed by atoms with Gasteiger partial charge in [0.1, 0.15) is 0 Å². The number of aliphatic hydroxyl groups is 1. The van der Waals surface area contributed by atoms with E-state index in [9.17, 15) is 9.59 Å². The summed E-state index contributed by atoms with van der Waals surface area (Å²) in [5.74, 6) is -0.887. The lowest BCUT2D eigenvalue weighted by Crippen LogP contribution is -2.32. The van der Waals surface area contributed by atoms with Crippen molar-refractivity contribution < 1.29 is 19.8 Å². The van der Waals surface area contributed by atoms with E-state index in [1.807, 2.05) is 30.3 Å². The highest BCUT2D eigenvalue weighted by Gasteiger charge is 2.13. The fraction of sp³-hybridized carbons (Fsp3) is 0.467. The summed E-state index contributed by atoms with van der Waals surface area (Å²) in [5.41, 5.74) is 1.01. The third-order valence-corrected chi connectivity index (χ3v) is 2.97. The number of unbranched alkanes of at least 4 members (excludes halogenated alkanes) is 1. The molecule has 0 saturated carbocycles. The number of rotatable bonds is 9. The van der Waals surface area contributed by atoms with E-state index in [1.165, 1.54) is 0 Å². The van der Waals surface area contributed by atoms with Gasteiger partial charge in [0.15, 0.2) is 0 Å². The van der Waals surface area contributed by atoms with Crippen LogP contribution in [0.1, 0.15) is 31.2 Å². The summed E-state index contributed by atoms with van der Waals surface area (Å²) in [5, 5.41) is 17.6. The van der Waals surface area contributed by atoms with E-state index >= 15 is 0 Å². The van der Waals surface area contributed by atoms with E-state index in [0.717, 1.165) is 5.56 Å². The maximum atomic E-state index is 12.0. The Morgan fingerprint density at radius 3 is 2.30 bits per heavy atom. The van der Waals surface area contributed by atoms with Crippen molar-refractivity contribution in [1.29, 1.82) is 0 Å². The molecule has 0 saturated heterocycles. The number of carboxylic acid groups (broad SMARTS) is 1. The molecular formula is C15H21NO4. The molecule has 0 aromatic heterocycles. The van der Waals surface area contributed by atoms with Gasteiger partial charge >= 0.3 is 5.97 Å². The fourth-order valence-electron chi connectivity index (χ4n) is 1.93. The van der Waals surface area contributed by atoms with Crippen LogP contribution in [0.25, 0.3) is 0 Å². The molecule has 0 radical (unpaired) electrons. The second-order valence-electron chi connectivity index (χ2n) is 4.63. The Kier molecular flexibility index (Phi) is 7.35. The van der Waals surface area contributed by atoms with Gasteiger partial charge in [-0.1, -0.05) is 30.3 Å². The largest absolute Gasteiger partial charge is 0.481 e. The number of carbonyl (C=O) groups is 2. The van der Waals surface area contributed by atoms with Crippen LogP contribution >= 0.6 is 0 Å². The van der Waals surface area contributed by atoms with Gasteiger partial charge in [-0.3, -0.25) is 9.59 Å². The summed E-state index contributed by atoms with van der Waals surface area (Å²) >= 11 is 0. The molecule has 5 heteroatoms. The Bertz CT molecular complexity index is 419. The number of benzene rings is 1. The Labute approximate surface area is 118 Å². The first-order valence-corrected chi connectivity index (χ1v) is 6.78. The first kappa shape index (κ1) is 16.2. The van der Waals surface area contributed by atoms with Crippen LogP contribution in [-0.4, -0.2) is 40.1 Å². The molecule has 0 unspecified atom stereocenters. The van der Waals surface area contributed by atoms with Gasteiger partial charge in [0.05, 0.1) is 6.61 Å². The van der Waals surface area contributed by atoms with Gasteiger partial charge < -0.3 is 15.1 Å². The van der Waals surface area contributed by atoms with Crippen molar-refractivity contribution in [3.05, 3.63) is 35.9 Å². The van der Waals surface area contributed by atoms with E-state index in [1.54, 1.807) is 4.90 Å². The van der Waals surface area contributed by atoms with Crippen LogP contribution in [-0.2, 0) is 16.1 Å². The van der Waals surface area contributed by atoms with Gasteiger partial charge in [-0.25, -0.2) is 0 Å². The Morgan fingerprint density at radius 2 is 1.70 bits per heavy atom. The number of carbonyl (C=O) groups excluding carboxylic acids is 1. The van der Waals surface area contributed by atoms with Crippen LogP contribution in [0.2, 0.25) is 0 Å². The van der Waals surface area contributed by atoms with Crippen LogP contribution in [0.4, 0.5) is 0 Å². The van der Waals surface area contributed by atoms with Gasteiger partial charge in [0.2, 0.25) is 5.91 Å². The highest BCUT2D eigenvalue weighted by Crippen LogP contribution is 2.08. The number of amides is 1. The van der Waals surface area contributed by atoms with Crippen molar-refractivity contribution in [3.8, 4) is 0 Å². The molecule has 0 aliphatic heterocycles. The lowest BCUT2D eigenvalue weighted by Gasteiger charge is -2.22. The quantitative estimate of drug-likeness (QED) is 0.674. The molecule has 0 aliphatic carbocycles. The number of nitrogens with zero attached hydrogens (tertiary/aromatic N) is 1. The van der Waals surface area contributed by atoms with E-state index in [-0.39, 0.29) is 18.9 Å². The van der Waals surface area contributed by atoms with E-state index < -0.39 is 5.97 Å². The summed E-state index contributed by atoms with van der Waals surface area (Å²) in [7, 11) is 0. The lowest BCUT2D eigenvalue weighted by atomic mass is 10.1. The lowest BCUT2D eigenvalue weighted by molar-refractivity contribution is -0.137. The molecule has 0 bridgehead atoms. The molecule has 110 valence electrons. The molecule has 5 nitrogen and oxygen atoms in total. The molecule has 1 aromatic rings. The first-order chi connectivity index (χ1) is 9.63. The van der Waals surface area contributed by atoms with Crippen molar-refractivity contribution >= 4 is 11.9 Å². The number of carboxylic acids is 1. The molecule has 0 heterocycles. The summed E-state index contributed by atoms with van der Waals surface area (Å²) in [4.78, 5) is 24.0. The topological polar surface area (TPSA) is 77.8 Å². The highest BCUT2D eigenvalue weighted by atomic mass is 16.4. The number of hydrogen-bond acceptors (Lipinski definition) is 3. The Hall–Kier alpha value is -1.88. The van der Waals surface area contributed by atoms with Crippen molar-refractivity contribution in [3.63, 3.8) is 0 Å². The highest BCUT2D eigenvalue weighted by molar-refractivity contribution is 5.76. The van der Waals surface area contributed by atoms with Crippen LogP contribution in [0.5, 0.6) is 0 Å². The SMILES string of the molecule is O=C(O)CCCCC(=O)N(CCO)Cc1ccccc1. The maximum absolute atomic E-state index is 12.0. The zero-order chi connectivity index (χ0) is 14.8. The third-order valence-electron chi connectivity index (χ3n) is 2.97. The van der Waals surface area contributed by atoms with Gasteiger partial charge in [-0.15, -0.1) is 0 Å². The van der Waals surface area contributed by atoms with Crippen LogP contribution in [0.15, 0.2) is 30.3 Å². The van der Waals surface area contributed by atoms with Gasteiger partial charge in [-0.05, 0) is 18.4 Å². The molecule has 0 atom stereocenters. The van der Waals surface area contributed by atoms with Crippen LogP contribution in [0.3, 0.4) is 0 Å². The van der Waals surface area contributed by atoms with Crippen molar-refractivity contribution in [2.24, 2.45) is 0 Å². The smallest absolute Gasteiger partial charge is 0.303 e. The average Bonchev–Trinajstić information content (AvgIpc) is 2.44. The summed E-state index contributed by atoms with van der Waals surface area (Å²) in [6.07, 6.45) is 1.47. The summed E-state index contributed by atoms with van der Waals surface area (Å²) in [6.45, 7) is 0.694. The second kappa shape index (κ2) is 9.09. The molecule has 1 aromatic carbocycles.